The topological polar surface area (TPSA) is 49.9 Å². The molecular formula is C22H25F3N2O3S. The number of alkyl halides is 3. The molecule has 1 atom stereocenters. The smallest absolute Gasteiger partial charge is 0.425 e. The molecule has 31 heavy (non-hydrogen) atoms. The molecule has 4 rings (SSSR count). The molecule has 0 radical (unpaired) electrons. The van der Waals surface area contributed by atoms with Gasteiger partial charge in [-0.3, -0.25) is 4.79 Å². The van der Waals surface area contributed by atoms with E-state index >= 15 is 0 Å². The van der Waals surface area contributed by atoms with Crippen molar-refractivity contribution in [3.63, 3.8) is 0 Å². The highest BCUT2D eigenvalue weighted by Crippen LogP contribution is 2.41. The number of fused-ring (bicyclic) bond motifs is 1. The molecule has 1 unspecified atom stereocenters. The number of hydrogen-bond donors (Lipinski definition) is 0. The molecule has 2 amide bonds. The number of rotatable bonds is 2. The van der Waals surface area contributed by atoms with E-state index in [2.05, 4.69) is 10.8 Å². The summed E-state index contributed by atoms with van der Waals surface area (Å²) in [5.41, 5.74) is 0.792. The summed E-state index contributed by atoms with van der Waals surface area (Å²) in [7, 11) is 0. The first kappa shape index (κ1) is 21.9. The Kier molecular flexibility index (Phi) is 5.66. The second-order valence-corrected chi connectivity index (χ2v) is 9.58. The normalized spacial score (nSPS) is 19.8. The number of likely N-dealkylation sites (tertiary alicyclic amines) is 2. The molecule has 9 heteroatoms. The van der Waals surface area contributed by atoms with Crippen LogP contribution >= 0.6 is 11.3 Å². The number of thiophene rings is 1. The lowest BCUT2D eigenvalue weighted by molar-refractivity contribution is -0.200. The molecule has 5 nitrogen and oxygen atoms in total. The SMILES string of the molecule is Cc1ccc2cc(C(=O)N3CCCC34CCN(C(=O)OC(C)C(F)(F)F)CC4)sc2c1. The Hall–Kier alpha value is -2.29. The monoisotopic (exact) mass is 454 g/mol. The minimum absolute atomic E-state index is 0.00178. The van der Waals surface area contributed by atoms with E-state index < -0.39 is 18.4 Å². The average molecular weight is 455 g/mol. The molecule has 0 saturated carbocycles. The van der Waals surface area contributed by atoms with Crippen LogP contribution < -0.4 is 0 Å². The van der Waals surface area contributed by atoms with Gasteiger partial charge in [-0.05, 0) is 62.6 Å². The molecule has 168 valence electrons. The van der Waals surface area contributed by atoms with Crippen molar-refractivity contribution in [3.8, 4) is 0 Å². The van der Waals surface area contributed by atoms with Crippen molar-refractivity contribution >= 4 is 33.4 Å². The maximum absolute atomic E-state index is 13.4. The summed E-state index contributed by atoms with van der Waals surface area (Å²) in [6, 6.07) is 8.04. The number of halogens is 3. The van der Waals surface area contributed by atoms with E-state index in [1.54, 1.807) is 0 Å². The molecule has 1 aromatic heterocycles. The summed E-state index contributed by atoms with van der Waals surface area (Å²) >= 11 is 1.49. The number of hydrogen-bond acceptors (Lipinski definition) is 4. The van der Waals surface area contributed by atoms with Crippen LogP contribution in [0.1, 0.15) is 47.8 Å². The van der Waals surface area contributed by atoms with Crippen LogP contribution in [0.3, 0.4) is 0 Å². The number of ether oxygens (including phenoxy) is 1. The number of carbonyl (C=O) groups excluding carboxylic acids is 2. The van der Waals surface area contributed by atoms with Gasteiger partial charge in [0.05, 0.1) is 4.88 Å². The first-order valence-electron chi connectivity index (χ1n) is 10.4. The number of amides is 2. The number of carbonyl (C=O) groups is 2. The molecule has 2 fully saturated rings. The van der Waals surface area contributed by atoms with Gasteiger partial charge in [-0.2, -0.15) is 13.2 Å². The number of nitrogens with zero attached hydrogens (tertiary/aromatic N) is 2. The largest absolute Gasteiger partial charge is 0.437 e. The fourth-order valence-corrected chi connectivity index (χ4v) is 5.66. The summed E-state index contributed by atoms with van der Waals surface area (Å²) in [6.45, 7) is 4.05. The summed E-state index contributed by atoms with van der Waals surface area (Å²) < 4.78 is 43.7. The van der Waals surface area contributed by atoms with Gasteiger partial charge >= 0.3 is 12.3 Å². The highest BCUT2D eigenvalue weighted by Gasteiger charge is 2.47. The van der Waals surface area contributed by atoms with Crippen molar-refractivity contribution in [1.82, 2.24) is 9.80 Å². The lowest BCUT2D eigenvalue weighted by Gasteiger charge is -2.44. The molecule has 0 aliphatic carbocycles. The average Bonchev–Trinajstić information content (AvgIpc) is 3.31. The second kappa shape index (κ2) is 8.00. The van der Waals surface area contributed by atoms with E-state index in [1.165, 1.54) is 16.2 Å². The molecule has 2 aliphatic heterocycles. The van der Waals surface area contributed by atoms with Crippen LogP contribution in [0.2, 0.25) is 0 Å². The third-order valence-corrected chi connectivity index (χ3v) is 7.50. The highest BCUT2D eigenvalue weighted by molar-refractivity contribution is 7.20. The van der Waals surface area contributed by atoms with E-state index in [-0.39, 0.29) is 24.5 Å². The van der Waals surface area contributed by atoms with Gasteiger partial charge in [-0.15, -0.1) is 11.3 Å². The van der Waals surface area contributed by atoms with Crippen LogP contribution in [-0.4, -0.2) is 59.3 Å². The quantitative estimate of drug-likeness (QED) is 0.613. The summed E-state index contributed by atoms with van der Waals surface area (Å²) in [6.07, 6.45) is -4.87. The van der Waals surface area contributed by atoms with Gasteiger partial charge in [0.25, 0.3) is 5.91 Å². The second-order valence-electron chi connectivity index (χ2n) is 8.49. The van der Waals surface area contributed by atoms with Gasteiger partial charge in [0.15, 0.2) is 6.10 Å². The maximum atomic E-state index is 13.4. The third-order valence-electron chi connectivity index (χ3n) is 6.42. The molecule has 1 aromatic carbocycles. The van der Waals surface area contributed by atoms with Crippen LogP contribution in [0.4, 0.5) is 18.0 Å². The molecule has 2 aliphatic rings. The standard InChI is InChI=1S/C22H25F3N2O3S/c1-14-4-5-16-13-18(31-17(16)12-14)19(28)27-9-3-6-21(27)7-10-26(11-8-21)20(29)30-15(2)22(23,24)25/h4-5,12-13,15H,3,6-11H2,1-2H3. The van der Waals surface area contributed by atoms with Gasteiger partial charge in [-0.1, -0.05) is 12.1 Å². The van der Waals surface area contributed by atoms with Crippen LogP contribution in [0.25, 0.3) is 10.1 Å². The fraction of sp³-hybridized carbons (Fsp3) is 0.545. The van der Waals surface area contributed by atoms with E-state index in [0.29, 0.717) is 24.3 Å². The van der Waals surface area contributed by atoms with Crippen LogP contribution in [0, 0.1) is 6.92 Å². The Balaban J connectivity index is 1.44. The first-order valence-corrected chi connectivity index (χ1v) is 11.3. The number of benzene rings is 1. The predicted molar refractivity (Wildman–Crippen MR) is 112 cm³/mol. The van der Waals surface area contributed by atoms with Crippen LogP contribution in [0.5, 0.6) is 0 Å². The molecule has 1 spiro atoms. The minimum atomic E-state index is -4.58. The van der Waals surface area contributed by atoms with Gasteiger partial charge in [0, 0.05) is 29.9 Å². The van der Waals surface area contributed by atoms with Crippen molar-refractivity contribution in [3.05, 3.63) is 34.7 Å². The zero-order valence-corrected chi connectivity index (χ0v) is 18.3. The van der Waals surface area contributed by atoms with Crippen molar-refractivity contribution in [1.29, 1.82) is 0 Å². The molecule has 2 saturated heterocycles. The van der Waals surface area contributed by atoms with Gasteiger partial charge in [0.2, 0.25) is 0 Å². The lowest BCUT2D eigenvalue weighted by atomic mass is 9.85. The number of aryl methyl sites for hydroxylation is 1. The van der Waals surface area contributed by atoms with Crippen LogP contribution in [0.15, 0.2) is 24.3 Å². The van der Waals surface area contributed by atoms with Gasteiger partial charge < -0.3 is 14.5 Å². The molecular weight excluding hydrogens is 429 g/mol. The Morgan fingerprint density at radius 2 is 1.84 bits per heavy atom. The summed E-state index contributed by atoms with van der Waals surface area (Å²) in [5, 5.41) is 1.04. The third kappa shape index (κ3) is 4.24. The summed E-state index contributed by atoms with van der Waals surface area (Å²) in [5.74, 6) is -0.00178. The van der Waals surface area contributed by atoms with E-state index in [4.69, 9.17) is 0 Å². The minimum Gasteiger partial charge on any atom is -0.437 e. The first-order chi connectivity index (χ1) is 14.6. The van der Waals surface area contributed by atoms with E-state index in [1.807, 2.05) is 30.0 Å². The zero-order valence-electron chi connectivity index (χ0n) is 17.5. The van der Waals surface area contributed by atoms with Crippen molar-refractivity contribution < 1.29 is 27.5 Å². The van der Waals surface area contributed by atoms with Gasteiger partial charge in [-0.25, -0.2) is 4.79 Å². The maximum Gasteiger partial charge on any atom is 0.425 e. The summed E-state index contributed by atoms with van der Waals surface area (Å²) in [4.78, 5) is 29.4. The van der Waals surface area contributed by atoms with Crippen molar-refractivity contribution in [2.45, 2.75) is 57.3 Å². The molecule has 0 N–H and O–H groups in total. The Bertz CT molecular complexity index is 996. The predicted octanol–water partition coefficient (Wildman–Crippen LogP) is 5.37. The Morgan fingerprint density at radius 3 is 2.52 bits per heavy atom. The lowest BCUT2D eigenvalue weighted by Crippen LogP contribution is -2.55. The van der Waals surface area contributed by atoms with Gasteiger partial charge in [0.1, 0.15) is 0 Å². The Labute approximate surface area is 182 Å². The van der Waals surface area contributed by atoms with E-state index in [0.717, 1.165) is 35.4 Å². The van der Waals surface area contributed by atoms with Crippen molar-refractivity contribution in [2.24, 2.45) is 0 Å². The fourth-order valence-electron chi connectivity index (χ4n) is 4.55. The Morgan fingerprint density at radius 1 is 1.13 bits per heavy atom. The zero-order chi connectivity index (χ0) is 22.4. The van der Waals surface area contributed by atoms with E-state index in [9.17, 15) is 22.8 Å². The molecule has 3 heterocycles. The van der Waals surface area contributed by atoms with Crippen molar-refractivity contribution in [2.75, 3.05) is 19.6 Å². The number of piperidine rings is 1. The molecule has 2 aromatic rings. The van der Waals surface area contributed by atoms with Crippen LogP contribution in [-0.2, 0) is 4.74 Å². The highest BCUT2D eigenvalue weighted by atomic mass is 32.1. The molecule has 0 bridgehead atoms.